The number of carbonyl (C=O) groups excluding carboxylic acids is 1. The van der Waals surface area contributed by atoms with Gasteiger partial charge in [0, 0.05) is 30.6 Å². The van der Waals surface area contributed by atoms with Crippen molar-refractivity contribution in [2.45, 2.75) is 26.3 Å². The third kappa shape index (κ3) is 5.73. The Labute approximate surface area is 161 Å². The van der Waals surface area contributed by atoms with Crippen molar-refractivity contribution in [3.05, 3.63) is 45.5 Å². The second-order valence-electron chi connectivity index (χ2n) is 6.71. The lowest BCUT2D eigenvalue weighted by atomic mass is 10.0. The molecule has 9 heteroatoms. The van der Waals surface area contributed by atoms with E-state index in [-0.39, 0.29) is 18.2 Å². The topological polar surface area (TPSA) is 97.6 Å². The largest absolute Gasteiger partial charge is 0.484 e. The maximum atomic E-state index is 12.0. The molecule has 1 aromatic heterocycles. The van der Waals surface area contributed by atoms with E-state index in [1.165, 1.54) is 48.4 Å². The number of nitrogens with zero attached hydrogens (tertiary/aromatic N) is 3. The first-order chi connectivity index (χ1) is 13.0. The minimum atomic E-state index is -0.485. The van der Waals surface area contributed by atoms with Crippen LogP contribution in [0, 0.1) is 16.0 Å². The van der Waals surface area contributed by atoms with Crippen molar-refractivity contribution in [1.29, 1.82) is 0 Å². The summed E-state index contributed by atoms with van der Waals surface area (Å²) >= 11 is 1.39. The minimum absolute atomic E-state index is 0.0229. The Morgan fingerprint density at radius 3 is 2.93 bits per heavy atom. The van der Waals surface area contributed by atoms with E-state index >= 15 is 0 Å². The van der Waals surface area contributed by atoms with Gasteiger partial charge in [0.1, 0.15) is 5.75 Å². The highest BCUT2D eigenvalue weighted by Crippen LogP contribution is 2.21. The number of hydrogen-bond donors (Lipinski definition) is 1. The van der Waals surface area contributed by atoms with Crippen LogP contribution in [0.15, 0.2) is 29.6 Å². The number of likely N-dealkylation sites (tertiary alicyclic amines) is 1. The molecule has 1 aromatic carbocycles. The highest BCUT2D eigenvalue weighted by molar-refractivity contribution is 7.13. The van der Waals surface area contributed by atoms with Crippen LogP contribution in [0.4, 0.5) is 10.8 Å². The maximum Gasteiger partial charge on any atom is 0.269 e. The summed E-state index contributed by atoms with van der Waals surface area (Å²) in [6.07, 6.45) is 2.50. The smallest absolute Gasteiger partial charge is 0.269 e. The molecule has 1 atom stereocenters. The van der Waals surface area contributed by atoms with E-state index in [2.05, 4.69) is 22.1 Å². The van der Waals surface area contributed by atoms with Crippen molar-refractivity contribution in [1.82, 2.24) is 9.88 Å². The Kier molecular flexibility index (Phi) is 6.36. The molecule has 1 saturated heterocycles. The Morgan fingerprint density at radius 1 is 1.44 bits per heavy atom. The first kappa shape index (κ1) is 19.2. The van der Waals surface area contributed by atoms with Gasteiger partial charge in [-0.1, -0.05) is 6.92 Å². The molecule has 1 aliphatic heterocycles. The number of nitro groups is 1. The molecule has 27 heavy (non-hydrogen) atoms. The Hall–Kier alpha value is -2.52. The van der Waals surface area contributed by atoms with E-state index in [0.29, 0.717) is 16.8 Å². The fourth-order valence-corrected chi connectivity index (χ4v) is 3.78. The van der Waals surface area contributed by atoms with Crippen LogP contribution >= 0.6 is 11.3 Å². The number of rotatable bonds is 7. The molecule has 3 rings (SSSR count). The third-order valence-corrected chi connectivity index (χ3v) is 5.15. The third-order valence-electron chi connectivity index (χ3n) is 4.34. The maximum absolute atomic E-state index is 12.0. The second kappa shape index (κ2) is 8.92. The summed E-state index contributed by atoms with van der Waals surface area (Å²) in [4.78, 5) is 29.0. The number of piperidine rings is 1. The number of thiazole rings is 1. The summed E-state index contributed by atoms with van der Waals surface area (Å²) in [5, 5.41) is 15.9. The van der Waals surface area contributed by atoms with Crippen molar-refractivity contribution < 1.29 is 14.5 Å². The van der Waals surface area contributed by atoms with Gasteiger partial charge in [-0.25, -0.2) is 4.98 Å². The molecule has 0 spiro atoms. The van der Waals surface area contributed by atoms with Crippen molar-refractivity contribution >= 4 is 28.1 Å². The fraction of sp³-hybridized carbons (Fsp3) is 0.444. The van der Waals surface area contributed by atoms with Crippen molar-refractivity contribution in [3.8, 4) is 5.75 Å². The van der Waals surface area contributed by atoms with Crippen molar-refractivity contribution in [2.75, 3.05) is 25.0 Å². The zero-order valence-corrected chi connectivity index (χ0v) is 15.9. The van der Waals surface area contributed by atoms with E-state index in [1.807, 2.05) is 5.38 Å². The van der Waals surface area contributed by atoms with Gasteiger partial charge in [0.2, 0.25) is 0 Å². The van der Waals surface area contributed by atoms with Gasteiger partial charge in [-0.3, -0.25) is 25.1 Å². The molecule has 1 unspecified atom stereocenters. The lowest BCUT2D eigenvalue weighted by Crippen LogP contribution is -2.33. The summed E-state index contributed by atoms with van der Waals surface area (Å²) in [5.41, 5.74) is 0.936. The molecule has 0 saturated carbocycles. The number of non-ortho nitro benzene ring substituents is 1. The zero-order chi connectivity index (χ0) is 19.2. The van der Waals surface area contributed by atoms with Crippen molar-refractivity contribution in [3.63, 3.8) is 0 Å². The highest BCUT2D eigenvalue weighted by atomic mass is 32.1. The molecule has 0 radical (unpaired) electrons. The molecule has 0 bridgehead atoms. The van der Waals surface area contributed by atoms with Crippen LogP contribution < -0.4 is 10.1 Å². The van der Waals surface area contributed by atoms with Crippen LogP contribution in [0.3, 0.4) is 0 Å². The van der Waals surface area contributed by atoms with Crippen LogP contribution in [-0.4, -0.2) is 40.4 Å². The van der Waals surface area contributed by atoms with Gasteiger partial charge in [-0.2, -0.15) is 0 Å². The average Bonchev–Trinajstić information content (AvgIpc) is 3.07. The Bertz CT molecular complexity index is 793. The Balaban J connectivity index is 1.45. The van der Waals surface area contributed by atoms with Crippen LogP contribution in [0.2, 0.25) is 0 Å². The summed E-state index contributed by atoms with van der Waals surface area (Å²) in [7, 11) is 0. The van der Waals surface area contributed by atoms with Gasteiger partial charge in [-0.05, 0) is 37.4 Å². The molecule has 144 valence electrons. The monoisotopic (exact) mass is 390 g/mol. The molecule has 1 aliphatic rings. The lowest BCUT2D eigenvalue weighted by Gasteiger charge is -2.30. The number of ether oxygens (including phenoxy) is 1. The summed E-state index contributed by atoms with van der Waals surface area (Å²) in [5.74, 6) is 0.795. The number of nitrogens with one attached hydrogen (secondary N) is 1. The molecule has 1 N–H and O–H groups in total. The van der Waals surface area contributed by atoms with Crippen molar-refractivity contribution in [2.24, 2.45) is 5.92 Å². The number of hydrogen-bond acceptors (Lipinski definition) is 7. The minimum Gasteiger partial charge on any atom is -0.484 e. The molecule has 0 aliphatic carbocycles. The van der Waals surface area contributed by atoms with E-state index < -0.39 is 4.92 Å². The molecule has 1 fully saturated rings. The van der Waals surface area contributed by atoms with E-state index in [9.17, 15) is 14.9 Å². The fourth-order valence-electron chi connectivity index (χ4n) is 3.06. The zero-order valence-electron chi connectivity index (χ0n) is 15.1. The van der Waals surface area contributed by atoms with Gasteiger partial charge in [0.25, 0.3) is 11.6 Å². The van der Waals surface area contributed by atoms with Crippen LogP contribution in [0.1, 0.15) is 25.5 Å². The second-order valence-corrected chi connectivity index (χ2v) is 7.57. The number of anilines is 1. The SMILES string of the molecule is CC1CCCN(Cc2csc(NC(=O)COc3ccc([N+](=O)[O-])cc3)n2)C1. The van der Waals surface area contributed by atoms with Gasteiger partial charge in [0.15, 0.2) is 11.7 Å². The van der Waals surface area contributed by atoms with E-state index in [0.717, 1.165) is 25.3 Å². The first-order valence-corrected chi connectivity index (χ1v) is 9.71. The molecule has 8 nitrogen and oxygen atoms in total. The number of amides is 1. The molecule has 1 amide bonds. The summed E-state index contributed by atoms with van der Waals surface area (Å²) in [6.45, 7) is 5.06. The number of benzene rings is 1. The normalized spacial score (nSPS) is 17.4. The van der Waals surface area contributed by atoms with Crippen LogP contribution in [0.5, 0.6) is 5.75 Å². The molecular formula is C18H22N4O4S. The van der Waals surface area contributed by atoms with Gasteiger partial charge in [0.05, 0.1) is 10.6 Å². The Morgan fingerprint density at radius 2 is 2.22 bits per heavy atom. The number of carbonyl (C=O) groups is 1. The van der Waals surface area contributed by atoms with Gasteiger partial charge < -0.3 is 4.74 Å². The predicted molar refractivity (Wildman–Crippen MR) is 103 cm³/mol. The van der Waals surface area contributed by atoms with Crippen LogP contribution in [0.25, 0.3) is 0 Å². The molecule has 2 heterocycles. The van der Waals surface area contributed by atoms with E-state index in [1.54, 1.807) is 0 Å². The molecular weight excluding hydrogens is 368 g/mol. The van der Waals surface area contributed by atoms with E-state index in [4.69, 9.17) is 4.74 Å². The predicted octanol–water partition coefficient (Wildman–Crippen LogP) is 3.30. The van der Waals surface area contributed by atoms with Crippen LogP contribution in [-0.2, 0) is 11.3 Å². The van der Waals surface area contributed by atoms with Gasteiger partial charge in [-0.15, -0.1) is 11.3 Å². The summed E-state index contributed by atoms with van der Waals surface area (Å²) in [6, 6.07) is 5.60. The van der Waals surface area contributed by atoms with Gasteiger partial charge >= 0.3 is 0 Å². The standard InChI is InChI=1S/C18H22N4O4S/c1-13-3-2-8-21(9-13)10-14-12-27-18(19-14)20-17(23)11-26-16-6-4-15(5-7-16)22(24)25/h4-7,12-13H,2-3,8-11H2,1H3,(H,19,20,23). The first-order valence-electron chi connectivity index (χ1n) is 8.83. The lowest BCUT2D eigenvalue weighted by molar-refractivity contribution is -0.384. The quantitative estimate of drug-likeness (QED) is 0.575. The highest BCUT2D eigenvalue weighted by Gasteiger charge is 2.17. The molecule has 2 aromatic rings. The summed E-state index contributed by atoms with van der Waals surface area (Å²) < 4.78 is 5.35. The average molecular weight is 390 g/mol. The number of nitro benzene ring substituents is 1. The number of aromatic nitrogens is 1.